The molecular weight excluding hydrogens is 344 g/mol. The highest BCUT2D eigenvalue weighted by Crippen LogP contribution is 2.23. The zero-order valence-electron chi connectivity index (χ0n) is 13.5. The molecule has 0 fully saturated rings. The molecule has 0 aliphatic rings. The molecule has 0 spiro atoms. The highest BCUT2D eigenvalue weighted by molar-refractivity contribution is 7.89. The molecule has 2 aromatic carbocycles. The van der Waals surface area contributed by atoms with Crippen LogP contribution in [-0.4, -0.2) is 26.0 Å². The number of rotatable bonds is 8. The lowest BCUT2D eigenvalue weighted by atomic mass is 10.2. The van der Waals surface area contributed by atoms with Gasteiger partial charge in [0.15, 0.2) is 0 Å². The molecule has 0 atom stereocenters. The normalized spacial score (nSPS) is 11.4. The molecule has 0 unspecified atom stereocenters. The van der Waals surface area contributed by atoms with Gasteiger partial charge in [-0.2, -0.15) is 0 Å². The van der Waals surface area contributed by atoms with Crippen molar-refractivity contribution in [2.75, 3.05) is 11.9 Å². The summed E-state index contributed by atoms with van der Waals surface area (Å²) in [7, 11) is -4.02. The van der Waals surface area contributed by atoms with Crippen molar-refractivity contribution in [3.63, 3.8) is 0 Å². The Labute approximate surface area is 146 Å². The van der Waals surface area contributed by atoms with Gasteiger partial charge in [-0.25, -0.2) is 13.2 Å². The Hall–Kier alpha value is -2.84. The van der Waals surface area contributed by atoms with Crippen molar-refractivity contribution < 1.29 is 23.2 Å². The van der Waals surface area contributed by atoms with Gasteiger partial charge >= 0.3 is 5.97 Å². The van der Waals surface area contributed by atoms with Gasteiger partial charge in [0.25, 0.3) is 10.0 Å². The van der Waals surface area contributed by atoms with Gasteiger partial charge in [0.2, 0.25) is 0 Å². The quantitative estimate of drug-likeness (QED) is 0.493. The second-order valence-electron chi connectivity index (χ2n) is 4.97. The van der Waals surface area contributed by atoms with Gasteiger partial charge in [-0.3, -0.25) is 0 Å². The number of carboxylic acids is 1. The second-order valence-corrected chi connectivity index (χ2v) is 6.58. The van der Waals surface area contributed by atoms with E-state index in [2.05, 4.69) is 5.32 Å². The third kappa shape index (κ3) is 5.07. The third-order valence-electron chi connectivity index (χ3n) is 3.17. The van der Waals surface area contributed by atoms with Crippen LogP contribution < -0.4 is 15.0 Å². The fourth-order valence-corrected chi connectivity index (χ4v) is 2.92. The number of hydrogen-bond acceptors (Lipinski definition) is 5. The van der Waals surface area contributed by atoms with Crippen molar-refractivity contribution in [1.82, 2.24) is 4.89 Å². The molecule has 2 rings (SSSR count). The number of allylic oxidation sites excluding steroid dienone is 1. The van der Waals surface area contributed by atoms with Gasteiger partial charge in [-0.05, 0) is 42.1 Å². The van der Waals surface area contributed by atoms with E-state index in [1.54, 1.807) is 42.5 Å². The third-order valence-corrected chi connectivity index (χ3v) is 4.41. The predicted octanol–water partition coefficient (Wildman–Crippen LogP) is 2.65. The van der Waals surface area contributed by atoms with Crippen molar-refractivity contribution in [2.45, 2.75) is 11.8 Å². The first-order valence-electron chi connectivity index (χ1n) is 7.40. The van der Waals surface area contributed by atoms with Gasteiger partial charge in [-0.1, -0.05) is 30.4 Å². The summed E-state index contributed by atoms with van der Waals surface area (Å²) in [6, 6.07) is 12.1. The van der Waals surface area contributed by atoms with Crippen LogP contribution >= 0.6 is 0 Å². The molecule has 7 nitrogen and oxygen atoms in total. The Kier molecular flexibility index (Phi) is 6.15. The maximum atomic E-state index is 12.5. The predicted molar refractivity (Wildman–Crippen MR) is 94.1 cm³/mol. The molecule has 8 heteroatoms. The average Bonchev–Trinajstić information content (AvgIpc) is 2.61. The van der Waals surface area contributed by atoms with E-state index in [1.165, 1.54) is 18.2 Å². The molecule has 3 N–H and O–H groups in total. The highest BCUT2D eigenvalue weighted by atomic mass is 32.2. The highest BCUT2D eigenvalue weighted by Gasteiger charge is 2.21. The summed E-state index contributed by atoms with van der Waals surface area (Å²) >= 11 is 0. The van der Waals surface area contributed by atoms with Gasteiger partial charge in [0.1, 0.15) is 10.6 Å². The molecule has 0 aliphatic carbocycles. The van der Waals surface area contributed by atoms with E-state index in [0.717, 1.165) is 0 Å². The van der Waals surface area contributed by atoms with Crippen molar-refractivity contribution in [3.8, 4) is 5.75 Å². The van der Waals surface area contributed by atoms with Gasteiger partial charge < -0.3 is 15.3 Å². The lowest BCUT2D eigenvalue weighted by Crippen LogP contribution is -2.28. The van der Waals surface area contributed by atoms with Crippen LogP contribution in [-0.2, 0) is 10.0 Å². The van der Waals surface area contributed by atoms with E-state index in [-0.39, 0.29) is 16.1 Å². The molecule has 0 bridgehead atoms. The Bertz CT molecular complexity index is 864. The number of anilines is 1. The van der Waals surface area contributed by atoms with Crippen molar-refractivity contribution in [3.05, 3.63) is 66.2 Å². The summed E-state index contributed by atoms with van der Waals surface area (Å²) in [6.45, 7) is 2.17. The molecule has 0 aliphatic heterocycles. The Morgan fingerprint density at radius 2 is 1.92 bits per heavy atom. The Morgan fingerprint density at radius 1 is 1.20 bits per heavy atom. The number of para-hydroxylation sites is 1. The molecule has 132 valence electrons. The minimum atomic E-state index is -4.02. The summed E-state index contributed by atoms with van der Waals surface area (Å²) in [5, 5.41) is 12.0. The summed E-state index contributed by atoms with van der Waals surface area (Å²) in [5.74, 6) is -0.816. The van der Waals surface area contributed by atoms with Gasteiger partial charge in [-0.15, -0.1) is 0 Å². The van der Waals surface area contributed by atoms with Crippen LogP contribution in [0.2, 0.25) is 0 Å². The molecule has 2 aromatic rings. The van der Waals surface area contributed by atoms with E-state index < -0.39 is 16.0 Å². The number of nitrogens with one attached hydrogen (secondary N) is 2. The van der Waals surface area contributed by atoms with Gasteiger partial charge in [0.05, 0.1) is 11.3 Å². The molecule has 0 radical (unpaired) electrons. The molecule has 0 aromatic heterocycles. The minimum Gasteiger partial charge on any atom is -0.478 e. The summed E-state index contributed by atoms with van der Waals surface area (Å²) in [4.78, 5) is 18.1. The zero-order chi connectivity index (χ0) is 18.3. The number of aromatic carboxylic acids is 1. The van der Waals surface area contributed by atoms with Crippen molar-refractivity contribution >= 4 is 21.7 Å². The molecule has 25 heavy (non-hydrogen) atoms. The topological polar surface area (TPSA) is 105 Å². The first kappa shape index (κ1) is 18.5. The largest absolute Gasteiger partial charge is 0.478 e. The number of carboxylic acid groups (broad SMARTS) is 1. The van der Waals surface area contributed by atoms with Crippen molar-refractivity contribution in [2.24, 2.45) is 0 Å². The first-order chi connectivity index (χ1) is 11.9. The van der Waals surface area contributed by atoms with Crippen LogP contribution in [0.5, 0.6) is 5.75 Å². The SMILES string of the molecule is C/C=C/CNc1cc(C(=O)O)ccc1S(=O)(=O)NOc1ccccc1. The van der Waals surface area contributed by atoms with Crippen molar-refractivity contribution in [1.29, 1.82) is 0 Å². The number of hydrogen-bond donors (Lipinski definition) is 3. The van der Waals surface area contributed by atoms with E-state index in [4.69, 9.17) is 9.94 Å². The standard InChI is InChI=1S/C17H18N2O5S/c1-2-3-11-18-15-12-13(17(20)21)9-10-16(15)25(22,23)19-24-14-7-5-4-6-8-14/h2-10,12,18-19H,11H2,1H3,(H,20,21)/b3-2+. The van der Waals surface area contributed by atoms with E-state index >= 15 is 0 Å². The fraction of sp³-hybridized carbons (Fsp3) is 0.118. The van der Waals surface area contributed by atoms with Crippen LogP contribution in [0.3, 0.4) is 0 Å². The molecule has 0 saturated heterocycles. The van der Waals surface area contributed by atoms with Crippen LogP contribution in [0.1, 0.15) is 17.3 Å². The maximum Gasteiger partial charge on any atom is 0.335 e. The number of sulfonamides is 1. The first-order valence-corrected chi connectivity index (χ1v) is 8.88. The van der Waals surface area contributed by atoms with E-state index in [1.807, 2.05) is 11.8 Å². The molecule has 0 amide bonds. The Morgan fingerprint density at radius 3 is 2.56 bits per heavy atom. The molecular formula is C17H18N2O5S. The van der Waals surface area contributed by atoms with Crippen LogP contribution in [0.15, 0.2) is 65.6 Å². The fourth-order valence-electron chi connectivity index (χ4n) is 1.96. The zero-order valence-corrected chi connectivity index (χ0v) is 14.3. The average molecular weight is 362 g/mol. The number of benzene rings is 2. The minimum absolute atomic E-state index is 0.0223. The van der Waals surface area contributed by atoms with Crippen LogP contribution in [0.25, 0.3) is 0 Å². The van der Waals surface area contributed by atoms with Crippen LogP contribution in [0, 0.1) is 0 Å². The van der Waals surface area contributed by atoms with Gasteiger partial charge in [0, 0.05) is 6.54 Å². The smallest absolute Gasteiger partial charge is 0.335 e. The van der Waals surface area contributed by atoms with Crippen LogP contribution in [0.4, 0.5) is 5.69 Å². The summed E-state index contributed by atoms with van der Waals surface area (Å²) in [6.07, 6.45) is 3.57. The lowest BCUT2D eigenvalue weighted by molar-refractivity contribution is 0.0697. The molecule has 0 saturated carbocycles. The Balaban J connectivity index is 2.29. The molecule has 0 heterocycles. The lowest BCUT2D eigenvalue weighted by Gasteiger charge is -2.13. The maximum absolute atomic E-state index is 12.5. The van der Waals surface area contributed by atoms with E-state index in [0.29, 0.717) is 12.3 Å². The van der Waals surface area contributed by atoms with E-state index in [9.17, 15) is 13.2 Å². The summed E-state index contributed by atoms with van der Waals surface area (Å²) < 4.78 is 25.0. The monoisotopic (exact) mass is 362 g/mol. The second kappa shape index (κ2) is 8.32. The summed E-state index contributed by atoms with van der Waals surface area (Å²) in [5.41, 5.74) is 0.146. The number of carbonyl (C=O) groups is 1.